The molecule has 1 atom stereocenters. The first-order valence-electron chi connectivity index (χ1n) is 16.0. The van der Waals surface area contributed by atoms with Crippen molar-refractivity contribution in [1.29, 1.82) is 0 Å². The summed E-state index contributed by atoms with van der Waals surface area (Å²) in [7, 11) is 5.12. The van der Waals surface area contributed by atoms with Gasteiger partial charge in [-0.3, -0.25) is 4.90 Å². The number of unbranched alkanes of at least 4 members (excludes halogenated alkanes) is 3. The van der Waals surface area contributed by atoms with Crippen LogP contribution in [0, 0.1) is 6.92 Å². The molecule has 0 aliphatic carbocycles. The molecular weight excluding hydrogens is 582 g/mol. The van der Waals surface area contributed by atoms with Crippen molar-refractivity contribution in [3.8, 4) is 23.0 Å². The maximum Gasteiger partial charge on any atom is 0.161 e. The van der Waals surface area contributed by atoms with E-state index in [1.165, 1.54) is 52.8 Å². The highest BCUT2D eigenvalue weighted by molar-refractivity contribution is 7.99. The fourth-order valence-electron chi connectivity index (χ4n) is 5.91. The van der Waals surface area contributed by atoms with Crippen LogP contribution in [0.5, 0.6) is 23.0 Å². The molecule has 8 heteroatoms. The first-order valence-corrected chi connectivity index (χ1v) is 16.9. The average molecular weight is 630 g/mol. The molecule has 1 aliphatic rings. The Bertz CT molecular complexity index is 1480. The zero-order chi connectivity index (χ0) is 31.4. The number of aryl methyl sites for hydroxylation is 1. The van der Waals surface area contributed by atoms with Crippen molar-refractivity contribution in [2.75, 3.05) is 41.0 Å². The Morgan fingerprint density at radius 1 is 0.800 bits per heavy atom. The van der Waals surface area contributed by atoms with Crippen LogP contribution in [0.15, 0.2) is 78.2 Å². The van der Waals surface area contributed by atoms with Crippen LogP contribution in [0.3, 0.4) is 0 Å². The molecule has 7 nitrogen and oxygen atoms in total. The van der Waals surface area contributed by atoms with Crippen LogP contribution >= 0.6 is 11.8 Å². The maximum absolute atomic E-state index is 6.22. The number of ether oxygens (including phenoxy) is 4. The van der Waals surface area contributed by atoms with Gasteiger partial charge in [-0.25, -0.2) is 4.98 Å². The Labute approximate surface area is 272 Å². The van der Waals surface area contributed by atoms with Crippen molar-refractivity contribution in [1.82, 2.24) is 14.5 Å². The molecule has 2 heterocycles. The second-order valence-corrected chi connectivity index (χ2v) is 13.0. The summed E-state index contributed by atoms with van der Waals surface area (Å²) in [4.78, 5) is 8.00. The number of hydrogen-bond donors (Lipinski definition) is 0. The minimum atomic E-state index is 0.333. The van der Waals surface area contributed by atoms with Gasteiger partial charge in [0.2, 0.25) is 0 Å². The molecule has 0 fully saturated rings. The molecule has 240 valence electrons. The van der Waals surface area contributed by atoms with Crippen molar-refractivity contribution in [2.45, 2.75) is 68.7 Å². The van der Waals surface area contributed by atoms with E-state index < -0.39 is 0 Å². The van der Waals surface area contributed by atoms with Gasteiger partial charge < -0.3 is 23.5 Å². The molecule has 45 heavy (non-hydrogen) atoms. The third kappa shape index (κ3) is 9.21. The van der Waals surface area contributed by atoms with Gasteiger partial charge in [-0.1, -0.05) is 43.0 Å². The van der Waals surface area contributed by atoms with Crippen LogP contribution in [0.4, 0.5) is 0 Å². The first kappa shape index (κ1) is 32.8. The lowest BCUT2D eigenvalue weighted by atomic mass is 9.98. The summed E-state index contributed by atoms with van der Waals surface area (Å²) < 4.78 is 24.9. The number of nitrogens with zero attached hydrogens (tertiary/aromatic N) is 3. The van der Waals surface area contributed by atoms with Gasteiger partial charge in [-0.2, -0.15) is 0 Å². The van der Waals surface area contributed by atoms with Crippen molar-refractivity contribution in [2.24, 2.45) is 0 Å². The minimum absolute atomic E-state index is 0.333. The highest BCUT2D eigenvalue weighted by Gasteiger charge is 2.20. The van der Waals surface area contributed by atoms with E-state index >= 15 is 0 Å². The third-order valence-corrected chi connectivity index (χ3v) is 9.85. The second kappa shape index (κ2) is 16.6. The predicted octanol–water partition coefficient (Wildman–Crippen LogP) is 8.14. The molecule has 1 unspecified atom stereocenters. The lowest BCUT2D eigenvalue weighted by Gasteiger charge is -2.29. The van der Waals surface area contributed by atoms with Crippen molar-refractivity contribution < 1.29 is 18.9 Å². The number of rotatable bonds is 17. The zero-order valence-corrected chi connectivity index (χ0v) is 28.0. The van der Waals surface area contributed by atoms with E-state index in [9.17, 15) is 0 Å². The topological polar surface area (TPSA) is 58.0 Å². The van der Waals surface area contributed by atoms with Crippen LogP contribution in [0.1, 0.15) is 59.6 Å². The fraction of sp³-hybridized carbons (Fsp3) is 0.432. The first-order chi connectivity index (χ1) is 22.1. The van der Waals surface area contributed by atoms with Crippen LogP contribution < -0.4 is 18.9 Å². The Morgan fingerprint density at radius 3 is 2.29 bits per heavy atom. The van der Waals surface area contributed by atoms with Gasteiger partial charge in [0.1, 0.15) is 6.61 Å². The third-order valence-electron chi connectivity index (χ3n) is 8.51. The van der Waals surface area contributed by atoms with Gasteiger partial charge in [-0.15, -0.1) is 11.8 Å². The van der Waals surface area contributed by atoms with E-state index in [1.54, 1.807) is 27.5 Å². The van der Waals surface area contributed by atoms with E-state index in [2.05, 4.69) is 65.3 Å². The normalized spacial score (nSPS) is 13.7. The van der Waals surface area contributed by atoms with Gasteiger partial charge in [0, 0.05) is 35.6 Å². The molecule has 0 N–H and O–H groups in total. The van der Waals surface area contributed by atoms with Gasteiger partial charge in [0.05, 0.1) is 34.2 Å². The van der Waals surface area contributed by atoms with Gasteiger partial charge in [0.15, 0.2) is 23.0 Å². The van der Waals surface area contributed by atoms with Crippen LogP contribution in [-0.2, 0) is 19.5 Å². The monoisotopic (exact) mass is 629 g/mol. The van der Waals surface area contributed by atoms with Gasteiger partial charge >= 0.3 is 0 Å². The molecule has 0 amide bonds. The van der Waals surface area contributed by atoms with E-state index in [0.29, 0.717) is 11.9 Å². The van der Waals surface area contributed by atoms with Gasteiger partial charge in [0.25, 0.3) is 0 Å². The Morgan fingerprint density at radius 2 is 1.56 bits per heavy atom. The number of benzene rings is 3. The molecule has 1 aliphatic heterocycles. The summed E-state index contributed by atoms with van der Waals surface area (Å²) in [6.45, 7) is 6.64. The number of methoxy groups -OCH3 is 3. The van der Waals surface area contributed by atoms with E-state index in [1.807, 2.05) is 34.9 Å². The Hall–Kier alpha value is -3.62. The maximum atomic E-state index is 6.22. The second-order valence-electron chi connectivity index (χ2n) is 11.7. The van der Waals surface area contributed by atoms with Gasteiger partial charge in [-0.05, 0) is 85.8 Å². The number of hydrogen-bond acceptors (Lipinski definition) is 7. The predicted molar refractivity (Wildman–Crippen MR) is 182 cm³/mol. The van der Waals surface area contributed by atoms with Crippen molar-refractivity contribution >= 4 is 11.8 Å². The largest absolute Gasteiger partial charge is 0.493 e. The molecule has 0 saturated heterocycles. The molecule has 0 saturated carbocycles. The van der Waals surface area contributed by atoms with Crippen LogP contribution in [0.2, 0.25) is 0 Å². The lowest BCUT2D eigenvalue weighted by Crippen LogP contribution is -2.31. The number of imidazole rings is 1. The molecule has 0 radical (unpaired) electrons. The molecule has 3 aromatic carbocycles. The van der Waals surface area contributed by atoms with E-state index in [-0.39, 0.29) is 0 Å². The summed E-state index contributed by atoms with van der Waals surface area (Å²) in [6, 6.07) is 19.6. The number of fused-ring (bicyclic) bond motifs is 1. The smallest absolute Gasteiger partial charge is 0.161 e. The standard InChI is InChI=1S/C37H47N3O4S/c1-28-10-13-32(14-11-28)45-37(30-12-15-33(41-2)36(24-30)44-22-21-40-20-17-38-27-40)9-7-5-6-8-18-39-19-16-29-23-34(42-3)35(43-4)25-31(29)26-39/h10-15,17,20,23-25,27,37H,5-9,16,18-19,21-22,26H2,1-4H3. The summed E-state index contributed by atoms with van der Waals surface area (Å²) in [5, 5.41) is 0.333. The quantitative estimate of drug-likeness (QED) is 0.0863. The van der Waals surface area contributed by atoms with E-state index in [0.717, 1.165) is 62.0 Å². The number of thioether (sulfide) groups is 1. The summed E-state index contributed by atoms with van der Waals surface area (Å²) >= 11 is 1.94. The van der Waals surface area contributed by atoms with Crippen molar-refractivity contribution in [3.63, 3.8) is 0 Å². The van der Waals surface area contributed by atoms with Crippen LogP contribution in [0.25, 0.3) is 0 Å². The summed E-state index contributed by atoms with van der Waals surface area (Å²) in [5.74, 6) is 3.21. The van der Waals surface area contributed by atoms with Crippen LogP contribution in [-0.4, -0.2) is 55.5 Å². The van der Waals surface area contributed by atoms with E-state index in [4.69, 9.17) is 18.9 Å². The van der Waals surface area contributed by atoms with Crippen molar-refractivity contribution in [3.05, 3.63) is 95.6 Å². The molecule has 5 rings (SSSR count). The number of aromatic nitrogens is 2. The average Bonchev–Trinajstić information content (AvgIpc) is 3.59. The molecule has 1 aromatic heterocycles. The highest BCUT2D eigenvalue weighted by atomic mass is 32.2. The zero-order valence-electron chi connectivity index (χ0n) is 27.2. The molecule has 4 aromatic rings. The lowest BCUT2D eigenvalue weighted by molar-refractivity contribution is 0.246. The fourth-order valence-corrected chi connectivity index (χ4v) is 7.10. The Kier molecular flexibility index (Phi) is 12.1. The summed E-state index contributed by atoms with van der Waals surface area (Å²) in [6.07, 6.45) is 12.6. The highest BCUT2D eigenvalue weighted by Crippen LogP contribution is 2.42. The molecule has 0 bridgehead atoms. The summed E-state index contributed by atoms with van der Waals surface area (Å²) in [5.41, 5.74) is 5.30. The molecular formula is C37H47N3O4S. The minimum Gasteiger partial charge on any atom is -0.493 e. The Balaban J connectivity index is 1.15. The SMILES string of the molecule is COc1cc2c(cc1OC)CN(CCCCCCC(Sc1ccc(C)cc1)c1ccc(OC)c(OCCn3ccnc3)c1)CC2. The molecule has 0 spiro atoms.